The van der Waals surface area contributed by atoms with Crippen molar-refractivity contribution in [3.8, 4) is 0 Å². The fraction of sp³-hybridized carbons (Fsp3) is 0.364. The summed E-state index contributed by atoms with van der Waals surface area (Å²) in [5.74, 6) is 0.757. The van der Waals surface area contributed by atoms with Gasteiger partial charge in [0.2, 0.25) is 0 Å². The van der Waals surface area contributed by atoms with E-state index in [9.17, 15) is 9.18 Å². The molecule has 2 aromatic rings. The predicted molar refractivity (Wildman–Crippen MR) is 117 cm³/mol. The molecule has 4 rings (SSSR count). The number of benzene rings is 2. The minimum atomic E-state index is -0.322. The Hall–Kier alpha value is -2.54. The van der Waals surface area contributed by atoms with Crippen molar-refractivity contribution in [2.75, 3.05) is 36.8 Å². The third-order valence-electron chi connectivity index (χ3n) is 5.71. The number of nitrogens with zero attached hydrogens (tertiary/aromatic N) is 3. The largest absolute Gasteiger partial charge is 0.379 e. The Morgan fingerprint density at radius 1 is 1.07 bits per heavy atom. The Labute approximate surface area is 174 Å². The molecule has 1 amide bonds. The quantitative estimate of drug-likeness (QED) is 0.839. The van der Waals surface area contributed by atoms with Crippen LogP contribution in [0.3, 0.4) is 0 Å². The van der Waals surface area contributed by atoms with Crippen LogP contribution in [-0.2, 0) is 5.54 Å². The molecule has 1 fully saturated rings. The zero-order chi connectivity index (χ0) is 20.4. The zero-order valence-corrected chi connectivity index (χ0v) is 17.3. The van der Waals surface area contributed by atoms with Crippen LogP contribution in [0.5, 0.6) is 0 Å². The fourth-order valence-electron chi connectivity index (χ4n) is 3.87. The minimum Gasteiger partial charge on any atom is -0.379 e. The van der Waals surface area contributed by atoms with Crippen molar-refractivity contribution in [2.45, 2.75) is 18.9 Å². The van der Waals surface area contributed by atoms with Crippen LogP contribution in [0.2, 0.25) is 0 Å². The molecule has 1 saturated heterocycles. The molecule has 29 heavy (non-hydrogen) atoms. The summed E-state index contributed by atoms with van der Waals surface area (Å²) in [5, 5.41) is 0.623. The first-order chi connectivity index (χ1) is 13.9. The number of thioether (sulfide) groups is 1. The summed E-state index contributed by atoms with van der Waals surface area (Å²) in [5.41, 5.74) is 8.35. The van der Waals surface area contributed by atoms with E-state index in [1.807, 2.05) is 29.2 Å². The number of aliphatic imine (C=N–C) groups is 1. The molecule has 2 N–H and O–H groups in total. The summed E-state index contributed by atoms with van der Waals surface area (Å²) in [6.07, 6.45) is 0.928. The number of rotatable bonds is 3. The standard InChI is InChI=1S/C22H25FN4OS/c1-22(10-15-29-21(24)25-22)17-4-2-16(3-5-17)20(28)27-13-11-26(12-14-27)19-8-6-18(23)7-9-19/h2-9H,10-15H2,1H3,(H2,24,25). The van der Waals surface area contributed by atoms with Crippen molar-refractivity contribution in [3.05, 3.63) is 65.5 Å². The van der Waals surface area contributed by atoms with E-state index in [0.29, 0.717) is 23.8 Å². The molecule has 1 unspecified atom stereocenters. The smallest absolute Gasteiger partial charge is 0.253 e. The Bertz CT molecular complexity index is 907. The Kier molecular flexibility index (Phi) is 5.50. The molecule has 0 saturated carbocycles. The number of hydrogen-bond acceptors (Lipinski definition) is 5. The van der Waals surface area contributed by atoms with E-state index >= 15 is 0 Å². The van der Waals surface area contributed by atoms with Gasteiger partial charge in [0.15, 0.2) is 5.17 Å². The monoisotopic (exact) mass is 412 g/mol. The maximum Gasteiger partial charge on any atom is 0.253 e. The normalized spacial score (nSPS) is 22.3. The van der Waals surface area contributed by atoms with Gasteiger partial charge < -0.3 is 15.5 Å². The number of nitrogens with two attached hydrogens (primary N) is 1. The molecule has 2 aliphatic heterocycles. The first-order valence-corrected chi connectivity index (χ1v) is 10.8. The summed E-state index contributed by atoms with van der Waals surface area (Å²) >= 11 is 1.59. The summed E-state index contributed by atoms with van der Waals surface area (Å²) in [6.45, 7) is 4.85. The molecule has 2 aromatic carbocycles. The lowest BCUT2D eigenvalue weighted by atomic mass is 9.89. The van der Waals surface area contributed by atoms with Gasteiger partial charge in [-0.3, -0.25) is 9.79 Å². The lowest BCUT2D eigenvalue weighted by Gasteiger charge is -2.36. The highest BCUT2D eigenvalue weighted by Gasteiger charge is 2.30. The van der Waals surface area contributed by atoms with Crippen LogP contribution in [0.25, 0.3) is 0 Å². The van der Waals surface area contributed by atoms with Gasteiger partial charge >= 0.3 is 0 Å². The van der Waals surface area contributed by atoms with Crippen molar-refractivity contribution >= 4 is 28.5 Å². The van der Waals surface area contributed by atoms with Gasteiger partial charge in [-0.2, -0.15) is 0 Å². The number of anilines is 1. The second kappa shape index (κ2) is 8.06. The number of carbonyl (C=O) groups is 1. The zero-order valence-electron chi connectivity index (χ0n) is 16.5. The number of amides is 1. The second-order valence-corrected chi connectivity index (χ2v) is 8.77. The molecule has 0 radical (unpaired) electrons. The number of hydrogen-bond donors (Lipinski definition) is 1. The van der Waals surface area contributed by atoms with Crippen molar-refractivity contribution in [3.63, 3.8) is 0 Å². The van der Waals surface area contributed by atoms with Crippen LogP contribution in [-0.4, -0.2) is 47.9 Å². The molecule has 0 aliphatic carbocycles. The maximum atomic E-state index is 13.1. The van der Waals surface area contributed by atoms with Crippen LogP contribution >= 0.6 is 11.8 Å². The van der Waals surface area contributed by atoms with Crippen molar-refractivity contribution in [1.82, 2.24) is 4.90 Å². The van der Waals surface area contributed by atoms with E-state index in [4.69, 9.17) is 5.73 Å². The first-order valence-electron chi connectivity index (χ1n) is 9.83. The molecule has 0 bridgehead atoms. The average molecular weight is 413 g/mol. The first kappa shape index (κ1) is 19.8. The van der Waals surface area contributed by atoms with Crippen LogP contribution in [0, 0.1) is 5.82 Å². The topological polar surface area (TPSA) is 61.9 Å². The van der Waals surface area contributed by atoms with Gasteiger partial charge in [0.05, 0.1) is 5.54 Å². The molecule has 152 valence electrons. The molecule has 0 aromatic heterocycles. The van der Waals surface area contributed by atoms with Crippen LogP contribution in [0.4, 0.5) is 10.1 Å². The fourth-order valence-corrected chi connectivity index (χ4v) is 4.84. The van der Waals surface area contributed by atoms with Gasteiger partial charge in [0.25, 0.3) is 5.91 Å². The number of amidine groups is 1. The second-order valence-electron chi connectivity index (χ2n) is 7.66. The van der Waals surface area contributed by atoms with Crippen LogP contribution in [0.1, 0.15) is 29.3 Å². The van der Waals surface area contributed by atoms with Crippen molar-refractivity contribution in [1.29, 1.82) is 0 Å². The lowest BCUT2D eigenvalue weighted by molar-refractivity contribution is 0.0746. The third-order valence-corrected chi connectivity index (χ3v) is 6.50. The van der Waals surface area contributed by atoms with E-state index in [1.54, 1.807) is 23.9 Å². The van der Waals surface area contributed by atoms with Gasteiger partial charge in [-0.15, -0.1) is 0 Å². The molecule has 5 nitrogen and oxygen atoms in total. The average Bonchev–Trinajstić information content (AvgIpc) is 2.74. The van der Waals surface area contributed by atoms with Gasteiger partial charge in [0.1, 0.15) is 5.82 Å². The highest BCUT2D eigenvalue weighted by molar-refractivity contribution is 8.13. The summed E-state index contributed by atoms with van der Waals surface area (Å²) in [6, 6.07) is 14.3. The molecule has 2 aliphatic rings. The third kappa shape index (κ3) is 4.24. The molecule has 0 spiro atoms. The van der Waals surface area contributed by atoms with E-state index in [0.717, 1.165) is 36.5 Å². The maximum absolute atomic E-state index is 13.1. The van der Waals surface area contributed by atoms with E-state index in [-0.39, 0.29) is 17.3 Å². The molecule has 2 heterocycles. The molecule has 7 heteroatoms. The number of piperazine rings is 1. The lowest BCUT2D eigenvalue weighted by Crippen LogP contribution is -2.48. The van der Waals surface area contributed by atoms with E-state index in [2.05, 4.69) is 16.8 Å². The van der Waals surface area contributed by atoms with Gasteiger partial charge in [0, 0.05) is 43.2 Å². The molecule has 1 atom stereocenters. The number of carbonyl (C=O) groups excluding carboxylic acids is 1. The van der Waals surface area contributed by atoms with Gasteiger partial charge in [-0.05, 0) is 55.3 Å². The highest BCUT2D eigenvalue weighted by Crippen LogP contribution is 2.35. The van der Waals surface area contributed by atoms with E-state index < -0.39 is 0 Å². The Morgan fingerprint density at radius 3 is 2.34 bits per heavy atom. The summed E-state index contributed by atoms with van der Waals surface area (Å²) in [4.78, 5) is 21.6. The molecular weight excluding hydrogens is 387 g/mol. The van der Waals surface area contributed by atoms with Crippen LogP contribution < -0.4 is 10.6 Å². The predicted octanol–water partition coefficient (Wildman–Crippen LogP) is 3.45. The van der Waals surface area contributed by atoms with E-state index in [1.165, 1.54) is 12.1 Å². The SMILES string of the molecule is CC1(c2ccc(C(=O)N3CCN(c4ccc(F)cc4)CC3)cc2)CCSC(N)=N1. The van der Waals surface area contributed by atoms with Gasteiger partial charge in [-0.25, -0.2) is 4.39 Å². The van der Waals surface area contributed by atoms with Crippen molar-refractivity contribution in [2.24, 2.45) is 10.7 Å². The Morgan fingerprint density at radius 2 is 1.72 bits per heavy atom. The van der Waals surface area contributed by atoms with Crippen LogP contribution in [0.15, 0.2) is 53.5 Å². The van der Waals surface area contributed by atoms with Crippen molar-refractivity contribution < 1.29 is 9.18 Å². The highest BCUT2D eigenvalue weighted by atomic mass is 32.2. The summed E-state index contributed by atoms with van der Waals surface area (Å²) in [7, 11) is 0. The minimum absolute atomic E-state index is 0.0441. The van der Waals surface area contributed by atoms with Gasteiger partial charge in [-0.1, -0.05) is 23.9 Å². The molecular formula is C22H25FN4OS. The summed E-state index contributed by atoms with van der Waals surface area (Å²) < 4.78 is 13.1. The number of halogens is 1. The Balaban J connectivity index is 1.40.